The maximum absolute atomic E-state index is 12.2. The van der Waals surface area contributed by atoms with Crippen LogP contribution >= 0.6 is 0 Å². The third-order valence-electron chi connectivity index (χ3n) is 5.96. The van der Waals surface area contributed by atoms with Crippen LogP contribution < -0.4 is 29.6 Å². The van der Waals surface area contributed by atoms with Crippen molar-refractivity contribution in [3.63, 3.8) is 0 Å². The number of rotatable bonds is 12. The van der Waals surface area contributed by atoms with Gasteiger partial charge in [0.15, 0.2) is 17.5 Å². The van der Waals surface area contributed by atoms with Gasteiger partial charge in [0.25, 0.3) is 0 Å². The normalized spacial score (nSPS) is 11.5. The highest BCUT2D eigenvalue weighted by molar-refractivity contribution is 5.91. The van der Waals surface area contributed by atoms with Crippen LogP contribution in [0.3, 0.4) is 0 Å². The van der Waals surface area contributed by atoms with Crippen molar-refractivity contribution < 1.29 is 28.8 Å². The van der Waals surface area contributed by atoms with Gasteiger partial charge < -0.3 is 34.7 Å². The Hall–Kier alpha value is -4.73. The van der Waals surface area contributed by atoms with Crippen molar-refractivity contribution in [1.82, 2.24) is 9.97 Å². The van der Waals surface area contributed by atoms with Crippen LogP contribution in [0.25, 0.3) is 10.9 Å². The van der Waals surface area contributed by atoms with Gasteiger partial charge in [-0.2, -0.15) is 0 Å². The Balaban J connectivity index is 1.57. The Morgan fingerprint density at radius 3 is 2.45 bits per heavy atom. The molecular weight excluding hydrogens is 488 g/mol. The highest BCUT2D eigenvalue weighted by Gasteiger charge is 2.22. The molecule has 0 aliphatic carbocycles. The van der Waals surface area contributed by atoms with E-state index in [2.05, 4.69) is 20.6 Å². The first-order valence-electron chi connectivity index (χ1n) is 12.0. The van der Waals surface area contributed by atoms with Crippen LogP contribution in [0.2, 0.25) is 0 Å². The number of hydrogen-bond donors (Lipinski definition) is 3. The van der Waals surface area contributed by atoms with E-state index in [4.69, 9.17) is 18.9 Å². The van der Waals surface area contributed by atoms with E-state index in [0.29, 0.717) is 58.7 Å². The number of aromatic nitrogens is 2. The van der Waals surface area contributed by atoms with E-state index in [1.54, 1.807) is 44.6 Å². The summed E-state index contributed by atoms with van der Waals surface area (Å²) in [5.41, 5.74) is 2.72. The first-order chi connectivity index (χ1) is 18.5. The number of anilines is 2. The molecule has 0 aliphatic rings. The van der Waals surface area contributed by atoms with Gasteiger partial charge in [0.05, 0.1) is 33.5 Å². The molecule has 1 heterocycles. The summed E-state index contributed by atoms with van der Waals surface area (Å²) in [6, 6.07) is 15.1. The first kappa shape index (κ1) is 26.3. The summed E-state index contributed by atoms with van der Waals surface area (Å²) in [6.45, 7) is 2.75. The number of hydrogen-bond acceptors (Lipinski definition) is 9. The predicted octanol–water partition coefficient (Wildman–Crippen LogP) is 4.90. The zero-order valence-electron chi connectivity index (χ0n) is 21.6. The number of nitrogens with zero attached hydrogens (tertiary/aromatic N) is 2. The summed E-state index contributed by atoms with van der Waals surface area (Å²) >= 11 is 0. The Kier molecular flexibility index (Phi) is 8.32. The van der Waals surface area contributed by atoms with Gasteiger partial charge in [-0.3, -0.25) is 0 Å². The smallest absolute Gasteiger partial charge is 0.330 e. The molecule has 1 atom stereocenters. The summed E-state index contributed by atoms with van der Waals surface area (Å²) in [5, 5.41) is 17.2. The number of carboxylic acid groups (broad SMARTS) is 1. The molecule has 0 saturated heterocycles. The zero-order chi connectivity index (χ0) is 27.1. The molecule has 1 aromatic heterocycles. The highest BCUT2D eigenvalue weighted by atomic mass is 16.5. The summed E-state index contributed by atoms with van der Waals surface area (Å²) in [4.78, 5) is 20.9. The fourth-order valence-electron chi connectivity index (χ4n) is 4.06. The number of ether oxygens (including phenoxy) is 4. The molecule has 0 bridgehead atoms. The van der Waals surface area contributed by atoms with Crippen molar-refractivity contribution in [3.8, 4) is 23.0 Å². The minimum atomic E-state index is -1.03. The van der Waals surface area contributed by atoms with Crippen molar-refractivity contribution in [2.24, 2.45) is 0 Å². The van der Waals surface area contributed by atoms with Gasteiger partial charge in [0, 0.05) is 29.2 Å². The average Bonchev–Trinajstić information content (AvgIpc) is 2.94. The molecule has 0 amide bonds. The molecule has 4 rings (SSSR count). The van der Waals surface area contributed by atoms with Crippen LogP contribution in [0.15, 0.2) is 60.9 Å². The maximum atomic E-state index is 12.2. The first-order valence-corrected chi connectivity index (χ1v) is 12.0. The number of nitrogens with one attached hydrogen (secondary N) is 2. The van der Waals surface area contributed by atoms with E-state index >= 15 is 0 Å². The van der Waals surface area contributed by atoms with Crippen molar-refractivity contribution >= 4 is 28.4 Å². The third kappa shape index (κ3) is 5.80. The Labute approximate surface area is 220 Å². The molecule has 4 aromatic rings. The molecule has 0 aliphatic heterocycles. The molecule has 38 heavy (non-hydrogen) atoms. The molecular formula is C28H30N4O6. The second kappa shape index (κ2) is 12.0. The van der Waals surface area contributed by atoms with Gasteiger partial charge in [0.1, 0.15) is 23.6 Å². The zero-order valence-corrected chi connectivity index (χ0v) is 21.6. The highest BCUT2D eigenvalue weighted by Crippen LogP contribution is 2.33. The number of methoxy groups -OCH3 is 3. The van der Waals surface area contributed by atoms with E-state index in [1.807, 2.05) is 31.2 Å². The molecule has 1 unspecified atom stereocenters. The van der Waals surface area contributed by atoms with Crippen molar-refractivity contribution in [2.75, 3.05) is 38.6 Å². The molecule has 0 fully saturated rings. The van der Waals surface area contributed by atoms with Gasteiger partial charge in [0.2, 0.25) is 0 Å². The van der Waals surface area contributed by atoms with Crippen LogP contribution in [0.4, 0.5) is 11.5 Å². The summed E-state index contributed by atoms with van der Waals surface area (Å²) in [6.07, 6.45) is 1.46. The fraction of sp³-hybridized carbons (Fsp3) is 0.250. The monoisotopic (exact) mass is 518 g/mol. The number of carbonyl (C=O) groups is 1. The lowest BCUT2D eigenvalue weighted by Crippen LogP contribution is -2.20. The quantitative estimate of drug-likeness (QED) is 0.238. The fourth-order valence-corrected chi connectivity index (χ4v) is 4.06. The summed E-state index contributed by atoms with van der Waals surface area (Å²) in [5.74, 6) is 2.04. The van der Waals surface area contributed by atoms with Gasteiger partial charge in [-0.15, -0.1) is 0 Å². The van der Waals surface area contributed by atoms with Crippen LogP contribution in [0.1, 0.15) is 24.1 Å². The van der Waals surface area contributed by atoms with Crippen molar-refractivity contribution in [3.05, 3.63) is 72.1 Å². The van der Waals surface area contributed by atoms with Gasteiger partial charge >= 0.3 is 5.97 Å². The van der Waals surface area contributed by atoms with E-state index in [9.17, 15) is 9.90 Å². The standard InChI is InChI=1S/C28H30N4O6/c1-5-38-25-12-17(7-11-23(25)36-3)26(28(33)34)32-19-8-10-21-22(13-19)30-16-31-27(21)29-15-18-6-9-20(35-2)14-24(18)37-4/h6-14,16,26,32H,5,15H2,1-4H3,(H,33,34)(H,29,30,31). The number of benzene rings is 3. The second-order valence-corrected chi connectivity index (χ2v) is 8.24. The maximum Gasteiger partial charge on any atom is 0.330 e. The lowest BCUT2D eigenvalue weighted by atomic mass is 10.1. The topological polar surface area (TPSA) is 124 Å². The van der Waals surface area contributed by atoms with Crippen molar-refractivity contribution in [1.29, 1.82) is 0 Å². The van der Waals surface area contributed by atoms with Crippen LogP contribution in [-0.4, -0.2) is 49.0 Å². The molecule has 0 spiro atoms. The molecule has 10 nitrogen and oxygen atoms in total. The minimum absolute atomic E-state index is 0.428. The SMILES string of the molecule is CCOc1cc(C(Nc2ccc3c(NCc4ccc(OC)cc4OC)ncnc3c2)C(=O)O)ccc1OC. The number of carboxylic acids is 1. The minimum Gasteiger partial charge on any atom is -0.497 e. The lowest BCUT2D eigenvalue weighted by molar-refractivity contribution is -0.138. The Bertz CT molecular complexity index is 1430. The predicted molar refractivity (Wildman–Crippen MR) is 145 cm³/mol. The Morgan fingerprint density at radius 1 is 0.921 bits per heavy atom. The van der Waals surface area contributed by atoms with Gasteiger partial charge in [-0.25, -0.2) is 14.8 Å². The Morgan fingerprint density at radius 2 is 1.74 bits per heavy atom. The van der Waals surface area contributed by atoms with E-state index in [1.165, 1.54) is 13.4 Å². The number of fused-ring (bicyclic) bond motifs is 1. The van der Waals surface area contributed by atoms with E-state index in [-0.39, 0.29) is 0 Å². The van der Waals surface area contributed by atoms with Crippen LogP contribution in [-0.2, 0) is 11.3 Å². The molecule has 0 radical (unpaired) electrons. The summed E-state index contributed by atoms with van der Waals surface area (Å²) in [7, 11) is 4.76. The molecule has 3 aromatic carbocycles. The molecule has 198 valence electrons. The largest absolute Gasteiger partial charge is 0.497 e. The van der Waals surface area contributed by atoms with E-state index in [0.717, 1.165) is 10.9 Å². The third-order valence-corrected chi connectivity index (χ3v) is 5.96. The van der Waals surface area contributed by atoms with Crippen LogP contribution in [0.5, 0.6) is 23.0 Å². The second-order valence-electron chi connectivity index (χ2n) is 8.24. The molecule has 0 saturated carbocycles. The summed E-state index contributed by atoms with van der Waals surface area (Å²) < 4.78 is 21.7. The lowest BCUT2D eigenvalue weighted by Gasteiger charge is -2.19. The molecule has 3 N–H and O–H groups in total. The van der Waals surface area contributed by atoms with Crippen molar-refractivity contribution in [2.45, 2.75) is 19.5 Å². The van der Waals surface area contributed by atoms with E-state index < -0.39 is 12.0 Å². The van der Waals surface area contributed by atoms with Gasteiger partial charge in [-0.1, -0.05) is 6.07 Å². The average molecular weight is 519 g/mol. The van der Waals surface area contributed by atoms with Gasteiger partial charge in [-0.05, 0) is 55.0 Å². The molecule has 10 heteroatoms. The number of aliphatic carboxylic acids is 1. The van der Waals surface area contributed by atoms with Crippen LogP contribution in [0, 0.1) is 0 Å².